The fraction of sp³-hybridized carbons (Fsp3) is 0.174. The molecule has 0 N–H and O–H groups in total. The molecule has 1 aromatic heterocycles. The lowest BCUT2D eigenvalue weighted by molar-refractivity contribution is 0.104. The molecule has 1 atom stereocenters. The summed E-state index contributed by atoms with van der Waals surface area (Å²) in [5.74, 6) is -0.153. The monoisotopic (exact) mass is 353 g/mol. The third-order valence-electron chi connectivity index (χ3n) is 5.34. The number of carbonyl (C=O) groups excluding carboxylic acids is 1. The number of pyridine rings is 1. The largest absolute Gasteiger partial charge is 0.347 e. The number of nitriles is 1. The Bertz CT molecular complexity index is 1130. The Morgan fingerprint density at radius 2 is 1.89 bits per heavy atom. The van der Waals surface area contributed by atoms with Gasteiger partial charge in [-0.15, -0.1) is 0 Å². The first kappa shape index (κ1) is 17.0. The minimum atomic E-state index is -0.521. The molecule has 0 radical (unpaired) electrons. The van der Waals surface area contributed by atoms with Crippen molar-refractivity contribution in [1.29, 1.82) is 5.26 Å². The van der Waals surface area contributed by atoms with E-state index in [4.69, 9.17) is 0 Å². The Morgan fingerprint density at radius 1 is 1.15 bits per heavy atom. The summed E-state index contributed by atoms with van der Waals surface area (Å²) in [6, 6.07) is 21.7. The Labute approximate surface area is 158 Å². The van der Waals surface area contributed by atoms with Crippen LogP contribution in [0.5, 0.6) is 0 Å². The maximum atomic E-state index is 13.0. The predicted molar refractivity (Wildman–Crippen MR) is 107 cm³/mol. The number of likely N-dealkylation sites (N-methyl/N-ethyl adjacent to an activating group) is 1. The van der Waals surface area contributed by atoms with Gasteiger partial charge in [-0.25, -0.2) is 4.98 Å². The van der Waals surface area contributed by atoms with Crippen molar-refractivity contribution in [2.45, 2.75) is 18.8 Å². The van der Waals surface area contributed by atoms with E-state index in [1.165, 1.54) is 0 Å². The summed E-state index contributed by atoms with van der Waals surface area (Å²) in [5, 5.41) is 10.4. The maximum Gasteiger partial charge on any atom is 0.205 e. The van der Waals surface area contributed by atoms with Gasteiger partial charge in [0.25, 0.3) is 0 Å². The maximum absolute atomic E-state index is 13.0. The Kier molecular flexibility index (Phi) is 4.01. The molecule has 132 valence electrons. The quantitative estimate of drug-likeness (QED) is 0.509. The number of aromatic nitrogens is 1. The first-order valence-electron chi connectivity index (χ1n) is 8.87. The first-order valence-corrected chi connectivity index (χ1v) is 8.87. The molecular weight excluding hydrogens is 334 g/mol. The van der Waals surface area contributed by atoms with Crippen LogP contribution in [0.25, 0.3) is 10.9 Å². The van der Waals surface area contributed by atoms with Gasteiger partial charge in [-0.1, -0.05) is 42.5 Å². The standard InChI is InChI=1S/C23H19N3O/c1-23(13-14-24)17-8-4-6-10-20(17)26(2)22(23)15-21(27)19-12-11-16-7-3-5-9-18(16)25-19/h3-12,15H,13H2,1-2H3/b22-15-. The van der Waals surface area contributed by atoms with Crippen LogP contribution in [0.2, 0.25) is 0 Å². The normalized spacial score (nSPS) is 19.9. The first-order chi connectivity index (χ1) is 13.0. The molecule has 0 amide bonds. The van der Waals surface area contributed by atoms with Crippen molar-refractivity contribution in [1.82, 2.24) is 4.98 Å². The molecule has 0 bridgehead atoms. The molecule has 0 aliphatic carbocycles. The van der Waals surface area contributed by atoms with E-state index in [1.807, 2.05) is 73.5 Å². The third kappa shape index (κ3) is 2.69. The predicted octanol–water partition coefficient (Wildman–Crippen LogP) is 4.62. The van der Waals surface area contributed by atoms with Crippen molar-refractivity contribution in [3.8, 4) is 6.07 Å². The van der Waals surface area contributed by atoms with Gasteiger partial charge >= 0.3 is 0 Å². The zero-order valence-corrected chi connectivity index (χ0v) is 15.3. The van der Waals surface area contributed by atoms with Crippen molar-refractivity contribution < 1.29 is 4.79 Å². The van der Waals surface area contributed by atoms with Crippen LogP contribution in [0.4, 0.5) is 5.69 Å². The van der Waals surface area contributed by atoms with Gasteiger partial charge < -0.3 is 4.90 Å². The lowest BCUT2D eigenvalue weighted by Crippen LogP contribution is -2.27. The molecule has 0 saturated heterocycles. The second kappa shape index (κ2) is 6.37. The summed E-state index contributed by atoms with van der Waals surface area (Å²) in [7, 11) is 1.94. The fourth-order valence-corrected chi connectivity index (χ4v) is 3.87. The summed E-state index contributed by atoms with van der Waals surface area (Å²) < 4.78 is 0. The number of rotatable bonds is 3. The van der Waals surface area contributed by atoms with E-state index in [2.05, 4.69) is 11.1 Å². The Morgan fingerprint density at radius 3 is 2.70 bits per heavy atom. The SMILES string of the molecule is CN1/C(=C\C(=O)c2ccc3ccccc3n2)C(C)(CC#N)c2ccccc21. The van der Waals surface area contributed by atoms with Gasteiger partial charge in [0.15, 0.2) is 0 Å². The second-order valence-electron chi connectivity index (χ2n) is 7.03. The molecule has 4 nitrogen and oxygen atoms in total. The van der Waals surface area contributed by atoms with Crippen molar-refractivity contribution in [2.75, 3.05) is 11.9 Å². The van der Waals surface area contributed by atoms with Crippen molar-refractivity contribution in [2.24, 2.45) is 0 Å². The summed E-state index contributed by atoms with van der Waals surface area (Å²) >= 11 is 0. The van der Waals surface area contributed by atoms with Crippen molar-refractivity contribution >= 4 is 22.4 Å². The van der Waals surface area contributed by atoms with Crippen molar-refractivity contribution in [3.63, 3.8) is 0 Å². The second-order valence-corrected chi connectivity index (χ2v) is 7.03. The summed E-state index contributed by atoms with van der Waals surface area (Å²) in [5.41, 5.74) is 3.60. The van der Waals surface area contributed by atoms with Crippen LogP contribution in [0.1, 0.15) is 29.4 Å². The van der Waals surface area contributed by atoms with E-state index in [9.17, 15) is 10.1 Å². The molecule has 1 aliphatic heterocycles. The average molecular weight is 353 g/mol. The number of hydrogen-bond donors (Lipinski definition) is 0. The van der Waals surface area contributed by atoms with Crippen LogP contribution in [-0.4, -0.2) is 17.8 Å². The number of hydrogen-bond acceptors (Lipinski definition) is 4. The third-order valence-corrected chi connectivity index (χ3v) is 5.34. The number of carbonyl (C=O) groups is 1. The van der Waals surface area contributed by atoms with Crippen LogP contribution in [0, 0.1) is 11.3 Å². The van der Waals surface area contributed by atoms with E-state index < -0.39 is 5.41 Å². The van der Waals surface area contributed by atoms with Crippen LogP contribution < -0.4 is 4.90 Å². The number of allylic oxidation sites excluding steroid dienone is 2. The average Bonchev–Trinajstić information content (AvgIpc) is 2.90. The van der Waals surface area contributed by atoms with Gasteiger partial charge in [0.2, 0.25) is 5.78 Å². The Balaban J connectivity index is 1.79. The van der Waals surface area contributed by atoms with Gasteiger partial charge in [-0.2, -0.15) is 5.26 Å². The molecule has 1 aliphatic rings. The molecule has 1 unspecified atom stereocenters. The number of nitrogens with zero attached hydrogens (tertiary/aromatic N) is 3. The molecule has 27 heavy (non-hydrogen) atoms. The lowest BCUT2D eigenvalue weighted by atomic mass is 9.78. The number of para-hydroxylation sites is 2. The van der Waals surface area contributed by atoms with Gasteiger partial charge in [0.05, 0.1) is 18.0 Å². The van der Waals surface area contributed by atoms with Gasteiger partial charge in [0, 0.05) is 35.3 Å². The van der Waals surface area contributed by atoms with Crippen LogP contribution >= 0.6 is 0 Å². The highest BCUT2D eigenvalue weighted by Crippen LogP contribution is 2.48. The summed E-state index contributed by atoms with van der Waals surface area (Å²) in [6.07, 6.45) is 1.94. The number of benzene rings is 2. The topological polar surface area (TPSA) is 57.0 Å². The fourth-order valence-electron chi connectivity index (χ4n) is 3.87. The molecular formula is C23H19N3O. The molecule has 2 aromatic carbocycles. The van der Waals surface area contributed by atoms with Gasteiger partial charge in [-0.3, -0.25) is 4.79 Å². The van der Waals surface area contributed by atoms with Crippen LogP contribution in [0.3, 0.4) is 0 Å². The number of anilines is 1. The van der Waals surface area contributed by atoms with E-state index in [0.29, 0.717) is 12.1 Å². The molecule has 0 saturated carbocycles. The lowest BCUT2D eigenvalue weighted by Gasteiger charge is -2.26. The molecule has 0 fully saturated rings. The van der Waals surface area contributed by atoms with Crippen LogP contribution in [-0.2, 0) is 5.41 Å². The molecule has 4 rings (SSSR count). The molecule has 2 heterocycles. The van der Waals surface area contributed by atoms with E-state index in [-0.39, 0.29) is 5.78 Å². The summed E-state index contributed by atoms with van der Waals surface area (Å²) in [6.45, 7) is 2.02. The molecule has 3 aromatic rings. The number of ketones is 1. The highest BCUT2D eigenvalue weighted by molar-refractivity contribution is 6.05. The number of fused-ring (bicyclic) bond motifs is 2. The molecule has 4 heteroatoms. The minimum absolute atomic E-state index is 0.153. The van der Waals surface area contributed by atoms with Gasteiger partial charge in [0.1, 0.15) is 5.69 Å². The smallest absolute Gasteiger partial charge is 0.205 e. The Hall–Kier alpha value is -3.45. The highest BCUT2D eigenvalue weighted by atomic mass is 16.1. The molecule has 0 spiro atoms. The van der Waals surface area contributed by atoms with Crippen molar-refractivity contribution in [3.05, 3.63) is 83.7 Å². The van der Waals surface area contributed by atoms with Gasteiger partial charge in [-0.05, 0) is 30.7 Å². The van der Waals surface area contributed by atoms with E-state index in [1.54, 1.807) is 12.1 Å². The summed E-state index contributed by atoms with van der Waals surface area (Å²) in [4.78, 5) is 19.5. The van der Waals surface area contributed by atoms with E-state index in [0.717, 1.165) is 27.9 Å². The minimum Gasteiger partial charge on any atom is -0.347 e. The highest BCUT2D eigenvalue weighted by Gasteiger charge is 2.42. The van der Waals surface area contributed by atoms with Crippen LogP contribution in [0.15, 0.2) is 72.4 Å². The zero-order valence-electron chi connectivity index (χ0n) is 15.3. The zero-order chi connectivity index (χ0) is 19.0. The van der Waals surface area contributed by atoms with E-state index >= 15 is 0 Å².